The third kappa shape index (κ3) is 45.9. The average Bonchev–Trinajstić information content (AvgIpc) is 1.50. The Morgan fingerprint density at radius 3 is 1.40 bits per heavy atom. The van der Waals surface area contributed by atoms with Crippen LogP contribution in [-0.2, 0) is 19.6 Å². The van der Waals surface area contributed by atoms with Gasteiger partial charge in [-0.3, -0.25) is 0 Å². The van der Waals surface area contributed by atoms with E-state index in [-0.39, 0.29) is 6.15 Å². The van der Waals surface area contributed by atoms with E-state index in [1.165, 1.54) is 0 Å². The van der Waals surface area contributed by atoms with Crippen molar-refractivity contribution in [1.82, 2.24) is 0 Å². The molecule has 0 aliphatic rings. The molecule has 0 aliphatic carbocycles. The predicted molar refractivity (Wildman–Crippen MR) is 21.7 cm³/mol. The topological polar surface area (TPSA) is 77.2 Å². The molecule has 0 saturated heterocycles. The molecule has 0 spiro atoms. The van der Waals surface area contributed by atoms with E-state index in [9.17, 15) is 0 Å². The monoisotopic (exact) mass is 275 g/mol. The Hall–Kier alpha value is 0.983. The predicted octanol–water partition coefficient (Wildman–Crippen LogP) is 1.50. The first-order valence-electron chi connectivity index (χ1n) is 0.316. The molecule has 0 bridgehead atoms. The van der Waals surface area contributed by atoms with E-state index in [4.69, 9.17) is 10.2 Å². The van der Waals surface area contributed by atoms with Gasteiger partial charge in [-0.25, -0.2) is 0 Å². The third-order valence-corrected chi connectivity index (χ3v) is 0. The van der Waals surface area contributed by atoms with Gasteiger partial charge in [0.15, 0.2) is 0 Å². The van der Waals surface area contributed by atoms with Gasteiger partial charge in [-0.05, 0) is 0 Å². The summed E-state index contributed by atoms with van der Waals surface area (Å²) in [6, 6.07) is 0. The SMILES string of the molecule is N#[O+].[NH2-].[Ru][I]. The van der Waals surface area contributed by atoms with Crippen LogP contribution in [0.5, 0.6) is 0 Å². The summed E-state index contributed by atoms with van der Waals surface area (Å²) in [6.07, 6.45) is 0. The summed E-state index contributed by atoms with van der Waals surface area (Å²) < 4.78 is 7.25. The van der Waals surface area contributed by atoms with Crippen LogP contribution < -0.4 is 0 Å². The molecule has 0 rings (SSSR count). The zero-order valence-corrected chi connectivity index (χ0v) is 6.06. The second kappa shape index (κ2) is 81.8. The minimum absolute atomic E-state index is 0. The molecular formula is H2IN2ORu. The minimum atomic E-state index is 0. The molecule has 2 N–H and O–H groups in total. The molecule has 3 nitrogen and oxygen atoms in total. The van der Waals surface area contributed by atoms with Crippen molar-refractivity contribution in [2.24, 2.45) is 0 Å². The zero-order chi connectivity index (χ0) is 4.00. The first kappa shape index (κ1) is 16.7. The Labute approximate surface area is 50.8 Å². The summed E-state index contributed by atoms with van der Waals surface area (Å²) in [4.78, 5) is 0. The first-order valence-corrected chi connectivity index (χ1v) is 5.49. The third-order valence-electron chi connectivity index (χ3n) is 0. The molecule has 0 saturated carbocycles. The molecule has 0 amide bonds. The summed E-state index contributed by atoms with van der Waals surface area (Å²) >= 11 is 4.40. The van der Waals surface area contributed by atoms with Gasteiger partial charge in [0.2, 0.25) is 0 Å². The Morgan fingerprint density at radius 1 is 1.40 bits per heavy atom. The van der Waals surface area contributed by atoms with Crippen LogP contribution in [0.1, 0.15) is 0 Å². The van der Waals surface area contributed by atoms with Crippen molar-refractivity contribution >= 4 is 19.8 Å². The Balaban J connectivity index is -0.0000000133. The molecule has 5 heavy (non-hydrogen) atoms. The van der Waals surface area contributed by atoms with Crippen LogP contribution in [0.4, 0.5) is 0 Å². The fraction of sp³-hybridized carbons (Fsp3) is 0. The molecule has 0 aliphatic heterocycles. The van der Waals surface area contributed by atoms with Crippen LogP contribution in [0, 0.1) is 5.46 Å². The van der Waals surface area contributed by atoms with Crippen molar-refractivity contribution < 1.29 is 19.6 Å². The number of hydrogen-bond acceptors (Lipinski definition) is 1. The number of hydrogen-bond donors (Lipinski definition) is 0. The normalized spacial score (nSPS) is 1.60. The first-order chi connectivity index (χ1) is 2.00. The van der Waals surface area contributed by atoms with Crippen LogP contribution in [-0.4, -0.2) is 0 Å². The van der Waals surface area contributed by atoms with Gasteiger partial charge in [0.1, 0.15) is 0 Å². The molecule has 0 radical (unpaired) electrons. The van der Waals surface area contributed by atoms with Crippen molar-refractivity contribution in [3.63, 3.8) is 0 Å². The molecule has 0 atom stereocenters. The van der Waals surface area contributed by atoms with Crippen molar-refractivity contribution in [3.05, 3.63) is 6.15 Å². The summed E-state index contributed by atoms with van der Waals surface area (Å²) in [6.45, 7) is 0. The quantitative estimate of drug-likeness (QED) is 0.374. The van der Waals surface area contributed by atoms with E-state index in [2.05, 4.69) is 34.5 Å². The Kier molecular flexibility index (Phi) is 273. The van der Waals surface area contributed by atoms with Gasteiger partial charge in [-0.15, -0.1) is 0 Å². The van der Waals surface area contributed by atoms with E-state index in [0.29, 0.717) is 0 Å². The van der Waals surface area contributed by atoms with Gasteiger partial charge in [0.05, 0.1) is 0 Å². The number of rotatable bonds is 0. The standard InChI is InChI=1S/HI.NO.H2N.Ru/c;1-2;;/h1H;;1H2;/q;+1;-1;+1/p-1. The van der Waals surface area contributed by atoms with Gasteiger partial charge >= 0.3 is 44.8 Å². The fourth-order valence-corrected chi connectivity index (χ4v) is 0. The van der Waals surface area contributed by atoms with Crippen LogP contribution in [0.15, 0.2) is 0 Å². The van der Waals surface area contributed by atoms with Crippen molar-refractivity contribution in [1.29, 1.82) is 5.46 Å². The Bertz CT molecular complexity index is 14.4. The fourth-order valence-electron chi connectivity index (χ4n) is 0. The van der Waals surface area contributed by atoms with Crippen LogP contribution in [0.3, 0.4) is 0 Å². The summed E-state index contributed by atoms with van der Waals surface area (Å²) in [7, 11) is 0. The van der Waals surface area contributed by atoms with E-state index < -0.39 is 0 Å². The second-order valence-electron chi connectivity index (χ2n) is 0. The maximum atomic E-state index is 7.25. The van der Waals surface area contributed by atoms with Gasteiger partial charge in [-0.1, -0.05) is 0 Å². The Morgan fingerprint density at radius 2 is 1.40 bits per heavy atom. The van der Waals surface area contributed by atoms with Gasteiger partial charge in [0, 0.05) is 0 Å². The molecule has 5 heteroatoms. The van der Waals surface area contributed by atoms with E-state index in [1.807, 2.05) is 0 Å². The molecule has 33 valence electrons. The van der Waals surface area contributed by atoms with Crippen molar-refractivity contribution in [2.45, 2.75) is 0 Å². The number of nitrogens with zero attached hydrogens (tertiary/aromatic N) is 1. The van der Waals surface area contributed by atoms with Gasteiger partial charge in [0.25, 0.3) is 0 Å². The van der Waals surface area contributed by atoms with E-state index in [1.54, 1.807) is 0 Å². The molecule has 0 aromatic heterocycles. The molecule has 0 aromatic carbocycles. The zero-order valence-electron chi connectivity index (χ0n) is 2.16. The maximum absolute atomic E-state index is 7.25. The van der Waals surface area contributed by atoms with Gasteiger partial charge < -0.3 is 6.15 Å². The number of nitrogens with two attached hydrogens (primary N) is 1. The van der Waals surface area contributed by atoms with E-state index in [0.717, 1.165) is 0 Å². The summed E-state index contributed by atoms with van der Waals surface area (Å²) in [5.41, 5.74) is 5.75. The summed E-state index contributed by atoms with van der Waals surface area (Å²) in [5.74, 6) is 0. The second-order valence-corrected chi connectivity index (χ2v) is 0. The van der Waals surface area contributed by atoms with Crippen LogP contribution in [0.2, 0.25) is 0 Å². The molecule has 0 aromatic rings. The van der Waals surface area contributed by atoms with Crippen molar-refractivity contribution in [3.8, 4) is 0 Å². The van der Waals surface area contributed by atoms with Gasteiger partial charge in [-0.2, -0.15) is 0 Å². The van der Waals surface area contributed by atoms with E-state index >= 15 is 0 Å². The van der Waals surface area contributed by atoms with Crippen molar-refractivity contribution in [2.75, 3.05) is 0 Å². The molecular weight excluding hydrogens is 272 g/mol. The number of halogens is 1. The average molecular weight is 274 g/mol. The summed E-state index contributed by atoms with van der Waals surface area (Å²) in [5, 5.41) is 0. The molecule has 0 unspecified atom stereocenters. The van der Waals surface area contributed by atoms with Crippen LogP contribution >= 0.6 is 19.8 Å². The van der Waals surface area contributed by atoms with Crippen LogP contribution in [0.25, 0.3) is 6.15 Å². The molecule has 0 fully saturated rings. The molecule has 0 heterocycles.